The lowest BCUT2D eigenvalue weighted by Gasteiger charge is -2.33. The van der Waals surface area contributed by atoms with Crippen LogP contribution in [-0.4, -0.2) is 69.8 Å². The van der Waals surface area contributed by atoms with Gasteiger partial charge in [0.05, 0.1) is 48.6 Å². The number of anilines is 2. The molecular formula is C34H36F2N4O9S. The molecule has 3 aromatic carbocycles. The summed E-state index contributed by atoms with van der Waals surface area (Å²) in [6.45, 7) is 1.53. The first-order chi connectivity index (χ1) is 23.8. The van der Waals surface area contributed by atoms with Crippen molar-refractivity contribution in [1.29, 1.82) is 0 Å². The van der Waals surface area contributed by atoms with Gasteiger partial charge in [0, 0.05) is 17.8 Å². The molecule has 266 valence electrons. The number of nitrogens with zero attached hydrogens (tertiary/aromatic N) is 1. The molecule has 2 aliphatic rings. The van der Waals surface area contributed by atoms with Crippen molar-refractivity contribution in [3.63, 3.8) is 0 Å². The van der Waals surface area contributed by atoms with Crippen molar-refractivity contribution in [1.82, 2.24) is 4.90 Å². The number of carbonyl (C=O) groups excluding carboxylic acids is 4. The Morgan fingerprint density at radius 3 is 2.34 bits per heavy atom. The molecule has 3 amide bonds. The van der Waals surface area contributed by atoms with E-state index >= 15 is 4.39 Å². The van der Waals surface area contributed by atoms with Crippen molar-refractivity contribution >= 4 is 45.1 Å². The lowest BCUT2D eigenvalue weighted by atomic mass is 9.92. The second kappa shape index (κ2) is 14.7. The summed E-state index contributed by atoms with van der Waals surface area (Å²) in [7, 11) is -1.58. The van der Waals surface area contributed by atoms with Gasteiger partial charge in [-0.2, -0.15) is 0 Å². The summed E-state index contributed by atoms with van der Waals surface area (Å²) >= 11 is 0. The number of rotatable bonds is 12. The number of amides is 3. The van der Waals surface area contributed by atoms with Gasteiger partial charge in [-0.1, -0.05) is 6.07 Å². The van der Waals surface area contributed by atoms with Gasteiger partial charge in [-0.25, -0.2) is 22.0 Å². The van der Waals surface area contributed by atoms with Crippen LogP contribution >= 0.6 is 0 Å². The van der Waals surface area contributed by atoms with E-state index in [2.05, 4.69) is 10.6 Å². The van der Waals surface area contributed by atoms with Crippen molar-refractivity contribution in [2.45, 2.75) is 48.4 Å². The molecule has 0 aromatic heterocycles. The van der Waals surface area contributed by atoms with Crippen LogP contribution in [0.4, 0.5) is 25.0 Å². The van der Waals surface area contributed by atoms with Gasteiger partial charge in [0.2, 0.25) is 11.8 Å². The van der Waals surface area contributed by atoms with Crippen LogP contribution in [0.25, 0.3) is 0 Å². The van der Waals surface area contributed by atoms with E-state index in [1.807, 2.05) is 0 Å². The Hall–Kier alpha value is -5.25. The number of esters is 1. The maximum atomic E-state index is 15.2. The molecule has 3 atom stereocenters. The highest BCUT2D eigenvalue weighted by Gasteiger charge is 2.48. The van der Waals surface area contributed by atoms with E-state index in [0.717, 1.165) is 31.4 Å². The molecule has 3 aromatic rings. The number of hydrogen-bond donors (Lipinski definition) is 3. The van der Waals surface area contributed by atoms with Gasteiger partial charge in [0.25, 0.3) is 0 Å². The van der Waals surface area contributed by atoms with Crippen LogP contribution in [0.1, 0.15) is 59.8 Å². The topological polar surface area (TPSA) is 183 Å². The standard InChI is InChI=1S/C34H36F2N4O9S/c1-4-49-33(43)22-13-14-40(30(22)23-17-20(38-34(44)48-3)7-12-28(23)50(45,46)21-8-9-21)32(42)29(18-5-11-25(36)27(16-18)47-2)39-26-15-19(31(37)41)6-10-24(26)35/h5-7,10-12,15-17,21-22,29-30,39H,4,8-9,13-14H2,1-3H3,(H2,37,41)(H,38,44)/t22-,29-,30-/m1/s1. The summed E-state index contributed by atoms with van der Waals surface area (Å²) in [4.78, 5) is 53.5. The first-order valence-electron chi connectivity index (χ1n) is 15.7. The number of methoxy groups -OCH3 is 2. The molecular weight excluding hydrogens is 678 g/mol. The first-order valence-corrected chi connectivity index (χ1v) is 17.2. The minimum absolute atomic E-state index is 0.00218. The van der Waals surface area contributed by atoms with Crippen molar-refractivity contribution in [2.24, 2.45) is 11.7 Å². The van der Waals surface area contributed by atoms with E-state index in [9.17, 15) is 32.0 Å². The van der Waals surface area contributed by atoms with Gasteiger partial charge >= 0.3 is 12.1 Å². The molecule has 1 saturated carbocycles. The summed E-state index contributed by atoms with van der Waals surface area (Å²) in [5.41, 5.74) is 5.35. The lowest BCUT2D eigenvalue weighted by Crippen LogP contribution is -2.40. The van der Waals surface area contributed by atoms with Crippen molar-refractivity contribution < 1.29 is 50.6 Å². The third kappa shape index (κ3) is 7.34. The molecule has 5 rings (SSSR count). The number of nitrogens with two attached hydrogens (primary N) is 1. The Labute approximate surface area is 287 Å². The summed E-state index contributed by atoms with van der Waals surface area (Å²) in [6, 6.07) is 8.14. The normalized spacial score (nSPS) is 17.8. The van der Waals surface area contributed by atoms with Gasteiger partial charge in [0.1, 0.15) is 11.9 Å². The third-order valence-electron chi connectivity index (χ3n) is 8.61. The highest BCUT2D eigenvalue weighted by molar-refractivity contribution is 7.92. The molecule has 1 aliphatic carbocycles. The molecule has 2 fully saturated rings. The van der Waals surface area contributed by atoms with Crippen LogP contribution in [0.3, 0.4) is 0 Å². The zero-order valence-corrected chi connectivity index (χ0v) is 28.2. The number of carbonyl (C=O) groups is 4. The number of ether oxygens (including phenoxy) is 3. The van der Waals surface area contributed by atoms with Crippen molar-refractivity contribution in [2.75, 3.05) is 38.0 Å². The number of hydrogen-bond acceptors (Lipinski definition) is 10. The van der Waals surface area contributed by atoms with E-state index in [1.54, 1.807) is 6.92 Å². The molecule has 1 saturated heterocycles. The SMILES string of the molecule is CCOC(=O)[C@@H]1CCN(C(=O)[C@H](Nc2cc(C(N)=O)ccc2F)c2ccc(F)c(OC)c2)[C@H]1c1cc(NC(=O)OC)ccc1S(=O)(=O)C1CC1. The Morgan fingerprint density at radius 2 is 1.70 bits per heavy atom. The molecule has 13 nitrogen and oxygen atoms in total. The highest BCUT2D eigenvalue weighted by Crippen LogP contribution is 2.46. The van der Waals surface area contributed by atoms with Crippen molar-refractivity contribution in [3.8, 4) is 5.75 Å². The maximum absolute atomic E-state index is 15.2. The quantitative estimate of drug-likeness (QED) is 0.226. The van der Waals surface area contributed by atoms with Gasteiger partial charge in [-0.3, -0.25) is 19.7 Å². The number of primary amides is 1. The first kappa shape index (κ1) is 36.0. The average molecular weight is 715 g/mol. The molecule has 0 spiro atoms. The summed E-state index contributed by atoms with van der Waals surface area (Å²) in [6.07, 6.45) is 0.0576. The van der Waals surface area contributed by atoms with Crippen molar-refractivity contribution in [3.05, 3.63) is 82.9 Å². The smallest absolute Gasteiger partial charge is 0.411 e. The number of nitrogens with one attached hydrogen (secondary N) is 2. The lowest BCUT2D eigenvalue weighted by molar-refractivity contribution is -0.149. The number of likely N-dealkylation sites (tertiary alicyclic amines) is 1. The van der Waals surface area contributed by atoms with Gasteiger partial charge in [-0.15, -0.1) is 0 Å². The molecule has 50 heavy (non-hydrogen) atoms. The second-order valence-corrected chi connectivity index (χ2v) is 14.0. The Morgan fingerprint density at radius 1 is 0.980 bits per heavy atom. The molecule has 1 aliphatic heterocycles. The number of halogens is 2. The van der Waals surface area contributed by atoms with Crippen LogP contribution in [0.2, 0.25) is 0 Å². The Bertz CT molecular complexity index is 1940. The predicted octanol–water partition coefficient (Wildman–Crippen LogP) is 4.49. The monoisotopic (exact) mass is 714 g/mol. The molecule has 1 heterocycles. The predicted molar refractivity (Wildman–Crippen MR) is 176 cm³/mol. The number of benzene rings is 3. The van der Waals surface area contributed by atoms with Gasteiger partial charge in [-0.05, 0) is 85.8 Å². The van der Waals surface area contributed by atoms with E-state index in [-0.39, 0.29) is 58.3 Å². The van der Waals surface area contributed by atoms with Crippen LogP contribution < -0.4 is 21.1 Å². The Kier molecular flexibility index (Phi) is 10.6. The van der Waals surface area contributed by atoms with Crippen LogP contribution in [-0.2, 0) is 28.9 Å². The fourth-order valence-corrected chi connectivity index (χ4v) is 7.90. The van der Waals surface area contributed by atoms with Gasteiger partial charge in [0.15, 0.2) is 21.4 Å². The molecule has 0 radical (unpaired) electrons. The van der Waals surface area contributed by atoms with Crippen LogP contribution in [0.15, 0.2) is 59.5 Å². The minimum Gasteiger partial charge on any atom is -0.494 e. The van der Waals surface area contributed by atoms with E-state index in [0.29, 0.717) is 12.8 Å². The van der Waals surface area contributed by atoms with Crippen LogP contribution in [0, 0.1) is 17.6 Å². The van der Waals surface area contributed by atoms with Gasteiger partial charge < -0.3 is 30.2 Å². The zero-order chi connectivity index (χ0) is 36.3. The summed E-state index contributed by atoms with van der Waals surface area (Å²) in [5, 5.41) is 4.63. The fourth-order valence-electron chi connectivity index (χ4n) is 6.02. The van der Waals surface area contributed by atoms with E-state index < -0.39 is 68.6 Å². The largest absolute Gasteiger partial charge is 0.494 e. The van der Waals surface area contributed by atoms with E-state index in [1.165, 1.54) is 42.3 Å². The molecule has 0 bridgehead atoms. The van der Waals surface area contributed by atoms with E-state index in [4.69, 9.17) is 19.9 Å². The summed E-state index contributed by atoms with van der Waals surface area (Å²) in [5.74, 6) is -5.18. The fraction of sp³-hybridized carbons (Fsp3) is 0.353. The molecule has 0 unspecified atom stereocenters. The number of sulfone groups is 1. The molecule has 4 N–H and O–H groups in total. The minimum atomic E-state index is -3.95. The zero-order valence-electron chi connectivity index (χ0n) is 27.4. The highest BCUT2D eigenvalue weighted by atomic mass is 32.2. The third-order valence-corrected chi connectivity index (χ3v) is 10.9. The average Bonchev–Trinajstić information content (AvgIpc) is 3.87. The summed E-state index contributed by atoms with van der Waals surface area (Å²) < 4.78 is 72.5. The molecule has 16 heteroatoms. The Balaban J connectivity index is 1.69. The van der Waals surface area contributed by atoms with Crippen LogP contribution in [0.5, 0.6) is 5.75 Å². The second-order valence-electron chi connectivity index (χ2n) is 11.8. The maximum Gasteiger partial charge on any atom is 0.411 e.